The molecule has 4 rings (SSSR count). The minimum absolute atomic E-state index is 0.0359. The molecule has 2 heterocycles. The number of halogens is 1. The van der Waals surface area contributed by atoms with E-state index in [1.54, 1.807) is 19.2 Å². The molecule has 6 nitrogen and oxygen atoms in total. The fourth-order valence-corrected chi connectivity index (χ4v) is 4.10. The summed E-state index contributed by atoms with van der Waals surface area (Å²) >= 11 is 6.27. The predicted octanol–water partition coefficient (Wildman–Crippen LogP) is 4.00. The highest BCUT2D eigenvalue weighted by molar-refractivity contribution is 6.31. The largest absolute Gasteiger partial charge is 0.493 e. The van der Waals surface area contributed by atoms with Crippen molar-refractivity contribution in [1.82, 2.24) is 0 Å². The molecular formula is C22H20ClNO5. The Balaban J connectivity index is 1.86. The molecule has 0 bridgehead atoms. The van der Waals surface area contributed by atoms with Gasteiger partial charge in [0.1, 0.15) is 6.61 Å². The first-order valence-corrected chi connectivity index (χ1v) is 9.54. The van der Waals surface area contributed by atoms with Crippen molar-refractivity contribution < 1.29 is 23.8 Å². The fourth-order valence-electron chi connectivity index (χ4n) is 3.93. The van der Waals surface area contributed by atoms with Crippen LogP contribution in [0.5, 0.6) is 11.5 Å². The summed E-state index contributed by atoms with van der Waals surface area (Å²) < 4.78 is 16.2. The van der Waals surface area contributed by atoms with Gasteiger partial charge in [-0.15, -0.1) is 0 Å². The van der Waals surface area contributed by atoms with E-state index in [0.717, 1.165) is 5.56 Å². The zero-order valence-corrected chi connectivity index (χ0v) is 17.1. The van der Waals surface area contributed by atoms with Crippen molar-refractivity contribution in [3.63, 3.8) is 0 Å². The zero-order valence-electron chi connectivity index (χ0n) is 16.3. The van der Waals surface area contributed by atoms with Gasteiger partial charge in [0.2, 0.25) is 5.91 Å². The molecule has 2 aliphatic heterocycles. The molecular weight excluding hydrogens is 394 g/mol. The summed E-state index contributed by atoms with van der Waals surface area (Å²) in [5.41, 5.74) is 3.25. The van der Waals surface area contributed by atoms with E-state index in [9.17, 15) is 9.59 Å². The lowest BCUT2D eigenvalue weighted by atomic mass is 9.83. The highest BCUT2D eigenvalue weighted by Crippen LogP contribution is 2.46. The van der Waals surface area contributed by atoms with Gasteiger partial charge in [0.05, 0.1) is 31.2 Å². The number of hydrogen-bond donors (Lipinski definition) is 0. The molecule has 0 radical (unpaired) electrons. The number of benzene rings is 2. The third-order valence-electron chi connectivity index (χ3n) is 5.34. The summed E-state index contributed by atoms with van der Waals surface area (Å²) in [6.07, 6.45) is 0.100. The SMILES string of the molecule is COc1cccc([C@@H]2CC(=O)N(c3ccc(C)c(Cl)c3)C3=C2C(=O)OC3)c1OC. The van der Waals surface area contributed by atoms with E-state index in [-0.39, 0.29) is 18.9 Å². The van der Waals surface area contributed by atoms with Gasteiger partial charge in [0, 0.05) is 22.9 Å². The standard InChI is InChI=1S/C22H20ClNO5/c1-12-7-8-13(9-16(12)23)24-17-11-29-22(26)20(17)15(10-19(24)25)14-5-4-6-18(27-2)21(14)28-3/h4-9,15H,10-11H2,1-3H3/t15-/m0/s1. The van der Waals surface area contributed by atoms with Gasteiger partial charge in [-0.05, 0) is 30.7 Å². The molecule has 0 fully saturated rings. The Morgan fingerprint density at radius 1 is 1.14 bits per heavy atom. The molecule has 0 aliphatic carbocycles. The molecule has 0 N–H and O–H groups in total. The number of nitrogens with zero attached hydrogens (tertiary/aromatic N) is 1. The van der Waals surface area contributed by atoms with Gasteiger partial charge in [-0.25, -0.2) is 4.79 Å². The van der Waals surface area contributed by atoms with Gasteiger partial charge in [0.25, 0.3) is 0 Å². The molecule has 0 saturated heterocycles. The van der Waals surface area contributed by atoms with E-state index in [1.807, 2.05) is 31.2 Å². The third kappa shape index (κ3) is 3.13. The summed E-state index contributed by atoms with van der Waals surface area (Å²) in [5.74, 6) is 0.00188. The van der Waals surface area contributed by atoms with Crippen LogP contribution >= 0.6 is 11.6 Å². The van der Waals surface area contributed by atoms with Crippen LogP contribution in [-0.2, 0) is 14.3 Å². The van der Waals surface area contributed by atoms with E-state index in [0.29, 0.717) is 39.0 Å². The summed E-state index contributed by atoms with van der Waals surface area (Å²) in [7, 11) is 3.08. The average Bonchev–Trinajstić information content (AvgIpc) is 3.10. The second-order valence-electron chi connectivity index (χ2n) is 6.94. The van der Waals surface area contributed by atoms with Gasteiger partial charge >= 0.3 is 5.97 Å². The first-order chi connectivity index (χ1) is 14.0. The van der Waals surface area contributed by atoms with E-state index in [1.165, 1.54) is 12.0 Å². The Bertz CT molecular complexity index is 1050. The number of amides is 1. The molecule has 0 spiro atoms. The molecule has 0 aromatic heterocycles. The van der Waals surface area contributed by atoms with Crippen LogP contribution in [-0.4, -0.2) is 32.7 Å². The number of esters is 1. The lowest BCUT2D eigenvalue weighted by molar-refractivity contribution is -0.136. The Kier molecular flexibility index (Phi) is 4.96. The van der Waals surface area contributed by atoms with Crippen molar-refractivity contribution in [2.24, 2.45) is 0 Å². The van der Waals surface area contributed by atoms with Crippen molar-refractivity contribution in [2.75, 3.05) is 25.7 Å². The number of carbonyl (C=O) groups is 2. The highest BCUT2D eigenvalue weighted by Gasteiger charge is 2.44. The van der Waals surface area contributed by atoms with E-state index in [2.05, 4.69) is 0 Å². The van der Waals surface area contributed by atoms with Gasteiger partial charge in [-0.1, -0.05) is 29.8 Å². The molecule has 2 aromatic rings. The van der Waals surface area contributed by atoms with Gasteiger partial charge in [-0.2, -0.15) is 0 Å². The number of methoxy groups -OCH3 is 2. The first-order valence-electron chi connectivity index (χ1n) is 9.16. The van der Waals surface area contributed by atoms with Crippen molar-refractivity contribution >= 4 is 29.2 Å². The third-order valence-corrected chi connectivity index (χ3v) is 5.75. The normalized spacial score (nSPS) is 18.6. The van der Waals surface area contributed by atoms with Crippen LogP contribution in [0.2, 0.25) is 5.02 Å². The maximum atomic E-state index is 13.2. The second-order valence-corrected chi connectivity index (χ2v) is 7.35. The molecule has 2 aromatic carbocycles. The number of ether oxygens (including phenoxy) is 3. The van der Waals surface area contributed by atoms with Crippen LogP contribution in [0, 0.1) is 6.92 Å². The Morgan fingerprint density at radius 3 is 2.62 bits per heavy atom. The van der Waals surface area contributed by atoms with Crippen molar-refractivity contribution in [3.8, 4) is 11.5 Å². The molecule has 0 unspecified atom stereocenters. The van der Waals surface area contributed by atoms with Gasteiger partial charge < -0.3 is 14.2 Å². The van der Waals surface area contributed by atoms with Crippen LogP contribution in [0.4, 0.5) is 5.69 Å². The number of hydrogen-bond acceptors (Lipinski definition) is 5. The molecule has 29 heavy (non-hydrogen) atoms. The molecule has 0 saturated carbocycles. The van der Waals surface area contributed by atoms with Crippen molar-refractivity contribution in [2.45, 2.75) is 19.3 Å². The number of rotatable bonds is 4. The zero-order chi connectivity index (χ0) is 20.7. The van der Waals surface area contributed by atoms with Crippen molar-refractivity contribution in [3.05, 3.63) is 63.8 Å². The number of carbonyl (C=O) groups excluding carboxylic acids is 2. The van der Waals surface area contributed by atoms with Crippen LogP contribution in [0.3, 0.4) is 0 Å². The van der Waals surface area contributed by atoms with E-state index in [4.69, 9.17) is 25.8 Å². The molecule has 7 heteroatoms. The molecule has 1 amide bonds. The molecule has 150 valence electrons. The lowest BCUT2D eigenvalue weighted by Gasteiger charge is -2.32. The minimum Gasteiger partial charge on any atom is -0.493 e. The summed E-state index contributed by atoms with van der Waals surface area (Å²) in [6.45, 7) is 1.93. The Hall–Kier alpha value is -2.99. The van der Waals surface area contributed by atoms with Crippen LogP contribution < -0.4 is 14.4 Å². The predicted molar refractivity (Wildman–Crippen MR) is 109 cm³/mol. The number of anilines is 1. The van der Waals surface area contributed by atoms with E-state index >= 15 is 0 Å². The van der Waals surface area contributed by atoms with Crippen LogP contribution in [0.1, 0.15) is 23.5 Å². The number of cyclic esters (lactones) is 1. The Labute approximate surface area is 173 Å². The van der Waals surface area contributed by atoms with Crippen LogP contribution in [0.15, 0.2) is 47.7 Å². The summed E-state index contributed by atoms with van der Waals surface area (Å²) in [6, 6.07) is 10.8. The monoisotopic (exact) mass is 413 g/mol. The van der Waals surface area contributed by atoms with Gasteiger partial charge in [0.15, 0.2) is 11.5 Å². The van der Waals surface area contributed by atoms with Gasteiger partial charge in [-0.3, -0.25) is 9.69 Å². The molecule has 2 aliphatic rings. The second kappa shape index (κ2) is 7.44. The quantitative estimate of drug-likeness (QED) is 0.709. The highest BCUT2D eigenvalue weighted by atomic mass is 35.5. The maximum Gasteiger partial charge on any atom is 0.336 e. The average molecular weight is 414 g/mol. The smallest absolute Gasteiger partial charge is 0.336 e. The summed E-state index contributed by atoms with van der Waals surface area (Å²) in [4.78, 5) is 27.4. The lowest BCUT2D eigenvalue weighted by Crippen LogP contribution is -2.37. The summed E-state index contributed by atoms with van der Waals surface area (Å²) in [5, 5.41) is 0.555. The van der Waals surface area contributed by atoms with Crippen LogP contribution in [0.25, 0.3) is 0 Å². The van der Waals surface area contributed by atoms with Crippen molar-refractivity contribution in [1.29, 1.82) is 0 Å². The minimum atomic E-state index is -0.477. The molecule has 1 atom stereocenters. The maximum absolute atomic E-state index is 13.2. The van der Waals surface area contributed by atoms with E-state index < -0.39 is 11.9 Å². The number of para-hydroxylation sites is 1. The number of aryl methyl sites for hydroxylation is 1. The topological polar surface area (TPSA) is 65.1 Å². The first kappa shape index (κ1) is 19.3. The fraction of sp³-hybridized carbons (Fsp3) is 0.273. The Morgan fingerprint density at radius 2 is 1.93 bits per heavy atom.